The minimum Gasteiger partial charge on any atom is -0.390 e. The lowest BCUT2D eigenvalue weighted by molar-refractivity contribution is -0.0158. The first-order valence-electron chi connectivity index (χ1n) is 4.95. The second-order valence-electron chi connectivity index (χ2n) is 3.75. The standard InChI is InChI=1S/C10H18N2O2/c1-4-12-6-5-11-10(12)9(14)8(13)7(2)3/h5-9,13-14H,4H2,1-3H3. The molecule has 2 atom stereocenters. The van der Waals surface area contributed by atoms with Crippen LogP contribution in [0.5, 0.6) is 0 Å². The topological polar surface area (TPSA) is 58.3 Å². The lowest BCUT2D eigenvalue weighted by Crippen LogP contribution is -2.26. The fraction of sp³-hybridized carbons (Fsp3) is 0.700. The summed E-state index contributed by atoms with van der Waals surface area (Å²) in [6.07, 6.45) is 1.77. The Labute approximate surface area is 84.2 Å². The molecular weight excluding hydrogens is 180 g/mol. The molecule has 0 saturated carbocycles. The van der Waals surface area contributed by atoms with E-state index in [2.05, 4.69) is 4.98 Å². The molecular formula is C10H18N2O2. The second kappa shape index (κ2) is 4.57. The monoisotopic (exact) mass is 198 g/mol. The average Bonchev–Trinajstić information content (AvgIpc) is 2.62. The number of imidazole rings is 1. The quantitative estimate of drug-likeness (QED) is 0.757. The Morgan fingerprint density at radius 3 is 2.57 bits per heavy atom. The van der Waals surface area contributed by atoms with Gasteiger partial charge in [-0.15, -0.1) is 0 Å². The van der Waals surface area contributed by atoms with E-state index >= 15 is 0 Å². The summed E-state index contributed by atoms with van der Waals surface area (Å²) < 4.78 is 1.83. The van der Waals surface area contributed by atoms with Crippen molar-refractivity contribution in [3.63, 3.8) is 0 Å². The Hall–Kier alpha value is -0.870. The van der Waals surface area contributed by atoms with Crippen molar-refractivity contribution in [1.82, 2.24) is 9.55 Å². The minimum absolute atomic E-state index is 0.0204. The molecule has 0 aromatic carbocycles. The van der Waals surface area contributed by atoms with Gasteiger partial charge < -0.3 is 14.8 Å². The SMILES string of the molecule is CCn1ccnc1C(O)C(O)C(C)C. The molecule has 1 aromatic rings. The van der Waals surface area contributed by atoms with E-state index in [0.29, 0.717) is 5.82 Å². The molecule has 0 aliphatic carbocycles. The first-order valence-corrected chi connectivity index (χ1v) is 4.95. The lowest BCUT2D eigenvalue weighted by atomic mass is 10.0. The van der Waals surface area contributed by atoms with Crippen LogP contribution in [-0.4, -0.2) is 25.9 Å². The molecule has 0 aliphatic rings. The van der Waals surface area contributed by atoms with Gasteiger partial charge in [0.25, 0.3) is 0 Å². The molecule has 2 unspecified atom stereocenters. The minimum atomic E-state index is -0.898. The van der Waals surface area contributed by atoms with Gasteiger partial charge in [-0.2, -0.15) is 0 Å². The Balaban J connectivity index is 2.83. The highest BCUT2D eigenvalue weighted by molar-refractivity contribution is 4.99. The van der Waals surface area contributed by atoms with Crippen molar-refractivity contribution in [3.05, 3.63) is 18.2 Å². The normalized spacial score (nSPS) is 15.9. The second-order valence-corrected chi connectivity index (χ2v) is 3.75. The largest absolute Gasteiger partial charge is 0.390 e. The van der Waals surface area contributed by atoms with Crippen molar-refractivity contribution >= 4 is 0 Å². The smallest absolute Gasteiger partial charge is 0.140 e. The van der Waals surface area contributed by atoms with Gasteiger partial charge in [-0.25, -0.2) is 4.98 Å². The third-order valence-electron chi connectivity index (χ3n) is 2.36. The first kappa shape index (κ1) is 11.2. The molecule has 4 nitrogen and oxygen atoms in total. The van der Waals surface area contributed by atoms with E-state index in [1.807, 2.05) is 25.3 Å². The van der Waals surface area contributed by atoms with Gasteiger partial charge in [-0.3, -0.25) is 0 Å². The Bertz CT molecular complexity index is 283. The van der Waals surface area contributed by atoms with Gasteiger partial charge in [0.1, 0.15) is 11.9 Å². The van der Waals surface area contributed by atoms with Crippen molar-refractivity contribution in [2.24, 2.45) is 5.92 Å². The Morgan fingerprint density at radius 1 is 1.43 bits per heavy atom. The van der Waals surface area contributed by atoms with Gasteiger partial charge >= 0.3 is 0 Å². The van der Waals surface area contributed by atoms with Crippen LogP contribution in [0.2, 0.25) is 0 Å². The zero-order valence-electron chi connectivity index (χ0n) is 8.88. The average molecular weight is 198 g/mol. The molecule has 1 rings (SSSR count). The van der Waals surface area contributed by atoms with Gasteiger partial charge in [0.15, 0.2) is 0 Å². The van der Waals surface area contributed by atoms with Gasteiger partial charge in [0.2, 0.25) is 0 Å². The van der Waals surface area contributed by atoms with E-state index < -0.39 is 12.2 Å². The fourth-order valence-electron chi connectivity index (χ4n) is 1.37. The van der Waals surface area contributed by atoms with Crippen LogP contribution in [0.1, 0.15) is 32.7 Å². The van der Waals surface area contributed by atoms with Crippen LogP contribution in [0, 0.1) is 5.92 Å². The predicted octanol–water partition coefficient (Wildman–Crippen LogP) is 0.953. The van der Waals surface area contributed by atoms with E-state index in [4.69, 9.17) is 0 Å². The summed E-state index contributed by atoms with van der Waals surface area (Å²) >= 11 is 0. The third kappa shape index (κ3) is 2.13. The zero-order valence-corrected chi connectivity index (χ0v) is 8.88. The van der Waals surface area contributed by atoms with E-state index in [9.17, 15) is 10.2 Å². The van der Waals surface area contributed by atoms with Gasteiger partial charge in [-0.1, -0.05) is 13.8 Å². The van der Waals surface area contributed by atoms with Gasteiger partial charge in [-0.05, 0) is 12.8 Å². The number of aliphatic hydroxyl groups excluding tert-OH is 2. The summed E-state index contributed by atoms with van der Waals surface area (Å²) in [6.45, 7) is 6.46. The number of nitrogens with zero attached hydrogens (tertiary/aromatic N) is 2. The molecule has 1 aromatic heterocycles. The van der Waals surface area contributed by atoms with Crippen molar-refractivity contribution in [1.29, 1.82) is 0 Å². The molecule has 0 spiro atoms. The van der Waals surface area contributed by atoms with Gasteiger partial charge in [0.05, 0.1) is 6.10 Å². The Morgan fingerprint density at radius 2 is 2.07 bits per heavy atom. The van der Waals surface area contributed by atoms with Crippen LogP contribution in [0.15, 0.2) is 12.4 Å². The molecule has 14 heavy (non-hydrogen) atoms. The number of hydrogen-bond acceptors (Lipinski definition) is 3. The summed E-state index contributed by atoms with van der Waals surface area (Å²) in [4.78, 5) is 4.04. The molecule has 0 amide bonds. The highest BCUT2D eigenvalue weighted by Gasteiger charge is 2.24. The van der Waals surface area contributed by atoms with Crippen molar-refractivity contribution in [2.45, 2.75) is 39.5 Å². The predicted molar refractivity (Wildman–Crippen MR) is 53.7 cm³/mol. The van der Waals surface area contributed by atoms with Crippen molar-refractivity contribution in [2.75, 3.05) is 0 Å². The maximum Gasteiger partial charge on any atom is 0.140 e. The van der Waals surface area contributed by atoms with E-state index in [1.165, 1.54) is 0 Å². The molecule has 0 fully saturated rings. The molecule has 80 valence electrons. The van der Waals surface area contributed by atoms with Gasteiger partial charge in [0, 0.05) is 18.9 Å². The number of aliphatic hydroxyl groups is 2. The van der Waals surface area contributed by atoms with Crippen LogP contribution in [0.25, 0.3) is 0 Å². The summed E-state index contributed by atoms with van der Waals surface area (Å²) in [7, 11) is 0. The maximum absolute atomic E-state index is 9.83. The summed E-state index contributed by atoms with van der Waals surface area (Å²) in [6, 6.07) is 0. The number of aromatic nitrogens is 2. The molecule has 0 aliphatic heterocycles. The van der Waals surface area contributed by atoms with Crippen LogP contribution >= 0.6 is 0 Å². The highest BCUT2D eigenvalue weighted by atomic mass is 16.3. The van der Waals surface area contributed by atoms with E-state index in [1.54, 1.807) is 12.4 Å². The third-order valence-corrected chi connectivity index (χ3v) is 2.36. The van der Waals surface area contributed by atoms with Crippen LogP contribution in [0.3, 0.4) is 0 Å². The molecule has 0 saturated heterocycles. The van der Waals surface area contributed by atoms with E-state index in [-0.39, 0.29) is 5.92 Å². The highest BCUT2D eigenvalue weighted by Crippen LogP contribution is 2.20. The summed E-state index contributed by atoms with van der Waals surface area (Å²) in [5, 5.41) is 19.5. The molecule has 2 N–H and O–H groups in total. The summed E-state index contributed by atoms with van der Waals surface area (Å²) in [5.41, 5.74) is 0. The van der Waals surface area contributed by atoms with E-state index in [0.717, 1.165) is 6.54 Å². The Kier molecular flexibility index (Phi) is 3.66. The number of rotatable bonds is 4. The number of hydrogen-bond donors (Lipinski definition) is 2. The van der Waals surface area contributed by atoms with Crippen molar-refractivity contribution in [3.8, 4) is 0 Å². The fourth-order valence-corrected chi connectivity index (χ4v) is 1.37. The summed E-state index contributed by atoms with van der Waals surface area (Å²) in [5.74, 6) is 0.556. The number of aryl methyl sites for hydroxylation is 1. The van der Waals surface area contributed by atoms with Crippen LogP contribution < -0.4 is 0 Å². The zero-order chi connectivity index (χ0) is 10.7. The molecule has 0 radical (unpaired) electrons. The molecule has 4 heteroatoms. The maximum atomic E-state index is 9.83. The lowest BCUT2D eigenvalue weighted by Gasteiger charge is -2.21. The van der Waals surface area contributed by atoms with Crippen molar-refractivity contribution < 1.29 is 10.2 Å². The molecule has 1 heterocycles. The van der Waals surface area contributed by atoms with Crippen LogP contribution in [-0.2, 0) is 6.54 Å². The molecule has 0 bridgehead atoms. The van der Waals surface area contributed by atoms with Crippen LogP contribution in [0.4, 0.5) is 0 Å². The first-order chi connectivity index (χ1) is 6.57.